The Morgan fingerprint density at radius 3 is 2.73 bits per heavy atom. The number of pyridine rings is 1. The van der Waals surface area contributed by atoms with Crippen LogP contribution in [0.15, 0.2) is 23.1 Å². The number of aliphatic hydroxyl groups excluding tert-OH is 1. The Hall–Kier alpha value is -3.02. The van der Waals surface area contributed by atoms with E-state index >= 15 is 4.39 Å². The van der Waals surface area contributed by atoms with Crippen LogP contribution in [0.5, 0.6) is 0 Å². The van der Waals surface area contributed by atoms with Crippen molar-refractivity contribution in [1.29, 1.82) is 0 Å². The van der Waals surface area contributed by atoms with Gasteiger partial charge < -0.3 is 19.7 Å². The molecule has 0 unspecified atom stereocenters. The summed E-state index contributed by atoms with van der Waals surface area (Å²) in [5.74, 6) is -3.20. The lowest BCUT2D eigenvalue weighted by Crippen LogP contribution is -2.43. The number of nitrogens with one attached hydrogen (secondary N) is 1. The van der Waals surface area contributed by atoms with Crippen molar-refractivity contribution in [2.24, 2.45) is 0 Å². The predicted octanol–water partition coefficient (Wildman–Crippen LogP) is 4.59. The number of rotatable bonds is 6. The zero-order chi connectivity index (χ0) is 28.8. The lowest BCUT2D eigenvalue weighted by molar-refractivity contribution is -0.0666. The summed E-state index contributed by atoms with van der Waals surface area (Å²) in [5, 5.41) is 13.8. The van der Waals surface area contributed by atoms with Crippen molar-refractivity contribution in [2.45, 2.75) is 77.6 Å². The fourth-order valence-electron chi connectivity index (χ4n) is 5.94. The van der Waals surface area contributed by atoms with E-state index in [0.29, 0.717) is 59.3 Å². The number of piperidine rings is 1. The number of anilines is 1. The molecule has 11 heteroatoms. The molecule has 2 aliphatic heterocycles. The predicted molar refractivity (Wildman–Crippen MR) is 147 cm³/mol. The van der Waals surface area contributed by atoms with Crippen molar-refractivity contribution < 1.29 is 23.0 Å². The van der Waals surface area contributed by atoms with Gasteiger partial charge in [0.05, 0.1) is 37.0 Å². The van der Waals surface area contributed by atoms with Crippen molar-refractivity contribution in [3.63, 3.8) is 0 Å². The number of fused-ring (bicyclic) bond motifs is 1. The Bertz CT molecular complexity index is 1480. The van der Waals surface area contributed by atoms with E-state index in [1.165, 1.54) is 0 Å². The highest BCUT2D eigenvalue weighted by atomic mass is 19.3. The molecule has 2 aliphatic rings. The summed E-state index contributed by atoms with van der Waals surface area (Å²) in [6.07, 6.45) is 1.16. The third kappa shape index (κ3) is 5.46. The molecule has 2 atom stereocenters. The van der Waals surface area contributed by atoms with E-state index < -0.39 is 17.8 Å². The quantitative estimate of drug-likeness (QED) is 0.457. The fraction of sp³-hybridized carbons (Fsp3) is 0.552. The average Bonchev–Trinajstić information content (AvgIpc) is 2.89. The Morgan fingerprint density at radius 1 is 1.25 bits per heavy atom. The van der Waals surface area contributed by atoms with E-state index in [1.807, 2.05) is 25.3 Å². The molecule has 8 nitrogen and oxygen atoms in total. The Labute approximate surface area is 231 Å². The van der Waals surface area contributed by atoms with Gasteiger partial charge in [0.25, 0.3) is 5.92 Å². The molecule has 1 aromatic carbocycles. The van der Waals surface area contributed by atoms with Crippen molar-refractivity contribution in [2.75, 3.05) is 31.6 Å². The topological polar surface area (TPSA) is 92.5 Å². The second kappa shape index (κ2) is 11.1. The van der Waals surface area contributed by atoms with Gasteiger partial charge in [-0.1, -0.05) is 6.07 Å². The first-order chi connectivity index (χ1) is 19.0. The van der Waals surface area contributed by atoms with Gasteiger partial charge in [0.2, 0.25) is 5.95 Å². The molecule has 0 radical (unpaired) electrons. The SMILES string of the molecule is Cc1c(CN2CCCC(F)(F)C2)n(C(C)C)c2c(C)c(-c3nc(N[C@@H]4CCOC[C@H]4O)ncc3F)ccc2c1=O. The molecule has 2 aromatic heterocycles. The van der Waals surface area contributed by atoms with E-state index in [9.17, 15) is 18.7 Å². The van der Waals surface area contributed by atoms with Crippen LogP contribution in [-0.4, -0.2) is 68.9 Å². The normalized spacial score (nSPS) is 21.7. The van der Waals surface area contributed by atoms with Gasteiger partial charge in [-0.3, -0.25) is 9.69 Å². The minimum atomic E-state index is -2.76. The number of alkyl halides is 2. The summed E-state index contributed by atoms with van der Waals surface area (Å²) in [6, 6.07) is 2.94. The number of aromatic nitrogens is 3. The third-order valence-electron chi connectivity index (χ3n) is 7.98. The van der Waals surface area contributed by atoms with Crippen molar-refractivity contribution in [3.8, 4) is 11.3 Å². The molecule has 2 saturated heterocycles. The first kappa shape index (κ1) is 28.5. The summed E-state index contributed by atoms with van der Waals surface area (Å²) in [5.41, 5.74) is 2.90. The maximum Gasteiger partial charge on any atom is 0.260 e. The molecule has 4 heterocycles. The van der Waals surface area contributed by atoms with Gasteiger partial charge in [0.15, 0.2) is 11.2 Å². The lowest BCUT2D eigenvalue weighted by Gasteiger charge is -2.34. The van der Waals surface area contributed by atoms with Crippen LogP contribution in [0.3, 0.4) is 0 Å². The van der Waals surface area contributed by atoms with Gasteiger partial charge in [-0.15, -0.1) is 0 Å². The minimum absolute atomic E-state index is 0.0685. The molecule has 40 heavy (non-hydrogen) atoms. The first-order valence-corrected chi connectivity index (χ1v) is 13.8. The molecule has 2 N–H and O–H groups in total. The number of benzene rings is 1. The average molecular weight is 560 g/mol. The number of nitrogens with zero attached hydrogens (tertiary/aromatic N) is 4. The third-order valence-corrected chi connectivity index (χ3v) is 7.98. The molecular weight excluding hydrogens is 523 g/mol. The van der Waals surface area contributed by atoms with Gasteiger partial charge in [-0.05, 0) is 58.7 Å². The Balaban J connectivity index is 1.62. The Morgan fingerprint density at radius 2 is 2.02 bits per heavy atom. The van der Waals surface area contributed by atoms with Crippen LogP contribution in [-0.2, 0) is 11.3 Å². The van der Waals surface area contributed by atoms with Crippen LogP contribution in [0.4, 0.5) is 19.1 Å². The molecular formula is C29H36F3N5O3. The van der Waals surface area contributed by atoms with Gasteiger partial charge >= 0.3 is 0 Å². The fourth-order valence-corrected chi connectivity index (χ4v) is 5.94. The van der Waals surface area contributed by atoms with Crippen molar-refractivity contribution in [3.05, 3.63) is 51.2 Å². The van der Waals surface area contributed by atoms with Crippen LogP contribution < -0.4 is 10.7 Å². The van der Waals surface area contributed by atoms with Gasteiger partial charge in [0.1, 0.15) is 5.69 Å². The maximum atomic E-state index is 15.2. The summed E-state index contributed by atoms with van der Waals surface area (Å²) < 4.78 is 50.9. The van der Waals surface area contributed by atoms with E-state index in [0.717, 1.165) is 6.20 Å². The van der Waals surface area contributed by atoms with Gasteiger partial charge in [-0.25, -0.2) is 23.1 Å². The monoisotopic (exact) mass is 559 g/mol. The highest BCUT2D eigenvalue weighted by molar-refractivity contribution is 5.89. The van der Waals surface area contributed by atoms with Crippen LogP contribution >= 0.6 is 0 Å². The number of ether oxygens (including phenoxy) is 1. The lowest BCUT2D eigenvalue weighted by atomic mass is 9.97. The zero-order valence-electron chi connectivity index (χ0n) is 23.3. The van der Waals surface area contributed by atoms with Crippen LogP contribution in [0.1, 0.15) is 56.0 Å². The van der Waals surface area contributed by atoms with E-state index in [-0.39, 0.29) is 55.3 Å². The van der Waals surface area contributed by atoms with Gasteiger partial charge in [0, 0.05) is 47.8 Å². The van der Waals surface area contributed by atoms with Crippen LogP contribution in [0.2, 0.25) is 0 Å². The highest BCUT2D eigenvalue weighted by Gasteiger charge is 2.36. The van der Waals surface area contributed by atoms with Crippen molar-refractivity contribution in [1.82, 2.24) is 19.4 Å². The molecule has 0 spiro atoms. The molecule has 0 saturated carbocycles. The number of aliphatic hydroxyl groups is 1. The summed E-state index contributed by atoms with van der Waals surface area (Å²) in [4.78, 5) is 23.8. The first-order valence-electron chi connectivity index (χ1n) is 13.8. The Kier molecular flexibility index (Phi) is 7.91. The van der Waals surface area contributed by atoms with Crippen LogP contribution in [0, 0.1) is 19.7 Å². The number of likely N-dealkylation sites (tertiary alicyclic amines) is 1. The smallest absolute Gasteiger partial charge is 0.260 e. The maximum absolute atomic E-state index is 15.2. The molecule has 216 valence electrons. The molecule has 3 aromatic rings. The van der Waals surface area contributed by atoms with Crippen molar-refractivity contribution >= 4 is 16.9 Å². The van der Waals surface area contributed by atoms with E-state index in [4.69, 9.17) is 4.74 Å². The molecule has 2 fully saturated rings. The second-order valence-corrected chi connectivity index (χ2v) is 11.2. The van der Waals surface area contributed by atoms with E-state index in [1.54, 1.807) is 24.0 Å². The molecule has 0 aliphatic carbocycles. The number of aryl methyl sites for hydroxylation is 1. The summed E-state index contributed by atoms with van der Waals surface area (Å²) in [7, 11) is 0. The van der Waals surface area contributed by atoms with Gasteiger partial charge in [-0.2, -0.15) is 0 Å². The molecule has 0 amide bonds. The molecule has 5 rings (SSSR count). The highest BCUT2D eigenvalue weighted by Crippen LogP contribution is 2.34. The molecule has 0 bridgehead atoms. The number of hydrogen-bond donors (Lipinski definition) is 2. The second-order valence-electron chi connectivity index (χ2n) is 11.2. The minimum Gasteiger partial charge on any atom is -0.389 e. The largest absolute Gasteiger partial charge is 0.389 e. The summed E-state index contributed by atoms with van der Waals surface area (Å²) >= 11 is 0. The number of hydrogen-bond acceptors (Lipinski definition) is 7. The summed E-state index contributed by atoms with van der Waals surface area (Å²) in [6.45, 7) is 8.61. The standard InChI is InChI=1S/C29H36F3N5O3/c1-16(2)37-23(13-36-10-5-9-29(31,32)15-36)18(4)27(39)20-7-6-19(17(3)26(20)37)25-21(30)12-33-28(35-25)34-22-8-11-40-14-24(22)38/h6-7,12,16,22,24,38H,5,8-11,13-15H2,1-4H3,(H,33,34,35)/t22-,24-/m1/s1. The zero-order valence-corrected chi connectivity index (χ0v) is 23.3. The van der Waals surface area contributed by atoms with E-state index in [2.05, 4.69) is 15.3 Å². The van der Waals surface area contributed by atoms with Crippen LogP contribution in [0.25, 0.3) is 22.2 Å². The number of halogens is 3.